The standard InChI is InChI=1S/C16H20N2O4/c1-4-22-16(19)12-5-6-15-17-11-8-14(21-3)13(20-2)7-10(11)9-18(12)15/h7-8,12H,4-6,9H2,1-3H3/t12-/m0/s1. The van der Waals surface area contributed by atoms with Crippen molar-refractivity contribution in [2.24, 2.45) is 4.99 Å². The van der Waals surface area contributed by atoms with Crippen LogP contribution in [0.2, 0.25) is 0 Å². The number of carbonyl (C=O) groups is 1. The van der Waals surface area contributed by atoms with Crippen molar-refractivity contribution in [2.75, 3.05) is 20.8 Å². The largest absolute Gasteiger partial charge is 0.493 e. The molecule has 1 aromatic carbocycles. The topological polar surface area (TPSA) is 60.4 Å². The minimum atomic E-state index is -0.236. The van der Waals surface area contributed by atoms with E-state index >= 15 is 0 Å². The summed E-state index contributed by atoms with van der Waals surface area (Å²) < 4.78 is 15.8. The van der Waals surface area contributed by atoms with Crippen molar-refractivity contribution in [2.45, 2.75) is 32.4 Å². The Morgan fingerprint density at radius 2 is 2.05 bits per heavy atom. The summed E-state index contributed by atoms with van der Waals surface area (Å²) in [5, 5.41) is 0. The highest BCUT2D eigenvalue weighted by molar-refractivity contribution is 5.94. The number of carbonyl (C=O) groups excluding carboxylic acids is 1. The molecule has 6 heteroatoms. The predicted octanol–water partition coefficient (Wildman–Crippen LogP) is 2.27. The number of hydrogen-bond donors (Lipinski definition) is 0. The average molecular weight is 304 g/mol. The van der Waals surface area contributed by atoms with E-state index in [0.717, 1.165) is 29.9 Å². The molecule has 22 heavy (non-hydrogen) atoms. The Bertz CT molecular complexity index is 627. The minimum absolute atomic E-state index is 0.170. The Kier molecular flexibility index (Phi) is 3.92. The van der Waals surface area contributed by atoms with E-state index in [-0.39, 0.29) is 12.0 Å². The minimum Gasteiger partial charge on any atom is -0.493 e. The van der Waals surface area contributed by atoms with E-state index < -0.39 is 0 Å². The van der Waals surface area contributed by atoms with E-state index in [4.69, 9.17) is 14.2 Å². The van der Waals surface area contributed by atoms with E-state index in [9.17, 15) is 4.79 Å². The van der Waals surface area contributed by atoms with Gasteiger partial charge in [-0.1, -0.05) is 0 Å². The lowest BCUT2D eigenvalue weighted by atomic mass is 10.1. The highest BCUT2D eigenvalue weighted by atomic mass is 16.5. The van der Waals surface area contributed by atoms with Gasteiger partial charge in [0.05, 0.1) is 26.5 Å². The summed E-state index contributed by atoms with van der Waals surface area (Å²) in [5.74, 6) is 2.11. The molecule has 1 fully saturated rings. The maximum Gasteiger partial charge on any atom is 0.328 e. The lowest BCUT2D eigenvalue weighted by molar-refractivity contribution is -0.147. The lowest BCUT2D eigenvalue weighted by Gasteiger charge is -2.29. The van der Waals surface area contributed by atoms with Crippen LogP contribution in [-0.2, 0) is 16.1 Å². The number of amidine groups is 1. The Labute approximate surface area is 129 Å². The van der Waals surface area contributed by atoms with Crippen molar-refractivity contribution in [3.05, 3.63) is 17.7 Å². The number of aliphatic imine (C=N–C) groups is 1. The Balaban J connectivity index is 1.92. The average Bonchev–Trinajstić information content (AvgIpc) is 2.94. The van der Waals surface area contributed by atoms with Crippen LogP contribution in [0.5, 0.6) is 11.5 Å². The van der Waals surface area contributed by atoms with Crippen LogP contribution in [0.15, 0.2) is 17.1 Å². The molecule has 6 nitrogen and oxygen atoms in total. The molecule has 118 valence electrons. The number of ether oxygens (including phenoxy) is 3. The number of methoxy groups -OCH3 is 2. The molecule has 0 saturated carbocycles. The summed E-state index contributed by atoms with van der Waals surface area (Å²) in [4.78, 5) is 18.8. The zero-order valence-corrected chi connectivity index (χ0v) is 13.1. The fourth-order valence-electron chi connectivity index (χ4n) is 3.01. The molecule has 0 unspecified atom stereocenters. The highest BCUT2D eigenvalue weighted by Crippen LogP contribution is 2.40. The predicted molar refractivity (Wildman–Crippen MR) is 81.8 cm³/mol. The van der Waals surface area contributed by atoms with Gasteiger partial charge in [-0.3, -0.25) is 0 Å². The van der Waals surface area contributed by atoms with Crippen LogP contribution in [0.25, 0.3) is 0 Å². The first-order chi connectivity index (χ1) is 10.7. The number of benzene rings is 1. The first kappa shape index (κ1) is 14.7. The van der Waals surface area contributed by atoms with Gasteiger partial charge in [-0.25, -0.2) is 9.79 Å². The number of fused-ring (bicyclic) bond motifs is 2. The van der Waals surface area contributed by atoms with Crippen LogP contribution in [0.1, 0.15) is 25.3 Å². The summed E-state index contributed by atoms with van der Waals surface area (Å²) in [6.45, 7) is 2.86. The van der Waals surface area contributed by atoms with Crippen LogP contribution >= 0.6 is 0 Å². The summed E-state index contributed by atoms with van der Waals surface area (Å²) >= 11 is 0. The van der Waals surface area contributed by atoms with Crippen LogP contribution in [0.3, 0.4) is 0 Å². The van der Waals surface area contributed by atoms with Crippen LogP contribution in [0.4, 0.5) is 5.69 Å². The van der Waals surface area contributed by atoms with Crippen LogP contribution in [0, 0.1) is 0 Å². The van der Waals surface area contributed by atoms with Crippen molar-refractivity contribution in [3.8, 4) is 11.5 Å². The van der Waals surface area contributed by atoms with Gasteiger partial charge in [0.2, 0.25) is 0 Å². The summed E-state index contributed by atoms with van der Waals surface area (Å²) in [5.41, 5.74) is 1.91. The summed E-state index contributed by atoms with van der Waals surface area (Å²) in [6, 6.07) is 3.57. The Morgan fingerprint density at radius 3 is 2.73 bits per heavy atom. The zero-order valence-electron chi connectivity index (χ0n) is 13.1. The van der Waals surface area contributed by atoms with E-state index in [1.165, 1.54) is 0 Å². The summed E-state index contributed by atoms with van der Waals surface area (Å²) in [7, 11) is 3.22. The molecule has 0 spiro atoms. The fraction of sp³-hybridized carbons (Fsp3) is 0.500. The molecule has 0 radical (unpaired) electrons. The number of rotatable bonds is 4. The molecule has 0 N–H and O–H groups in total. The molecule has 0 bridgehead atoms. The molecule has 2 aliphatic heterocycles. The third-order valence-electron chi connectivity index (χ3n) is 4.08. The van der Waals surface area contributed by atoms with Gasteiger partial charge in [-0.2, -0.15) is 0 Å². The molecule has 2 heterocycles. The third kappa shape index (κ3) is 2.38. The monoisotopic (exact) mass is 304 g/mol. The first-order valence-corrected chi connectivity index (χ1v) is 7.43. The SMILES string of the molecule is CCOC(=O)[C@@H]1CCC2=Nc3cc(OC)c(OC)cc3CN21. The zero-order chi connectivity index (χ0) is 15.7. The molecule has 3 rings (SSSR count). The van der Waals surface area contributed by atoms with E-state index in [1.54, 1.807) is 14.2 Å². The molecule has 1 saturated heterocycles. The van der Waals surface area contributed by atoms with Gasteiger partial charge in [-0.05, 0) is 19.4 Å². The van der Waals surface area contributed by atoms with Gasteiger partial charge in [0, 0.05) is 24.6 Å². The van der Waals surface area contributed by atoms with Crippen molar-refractivity contribution in [1.82, 2.24) is 4.90 Å². The van der Waals surface area contributed by atoms with E-state index in [1.807, 2.05) is 24.0 Å². The van der Waals surface area contributed by atoms with E-state index in [2.05, 4.69) is 4.99 Å². The van der Waals surface area contributed by atoms with Crippen molar-refractivity contribution in [3.63, 3.8) is 0 Å². The third-order valence-corrected chi connectivity index (χ3v) is 4.08. The maximum atomic E-state index is 12.1. The quantitative estimate of drug-likeness (QED) is 0.799. The van der Waals surface area contributed by atoms with Gasteiger partial charge in [0.15, 0.2) is 11.5 Å². The normalized spacial score (nSPS) is 19.1. The molecular formula is C16H20N2O4. The Hall–Kier alpha value is -2.24. The second-order valence-corrected chi connectivity index (χ2v) is 5.30. The second-order valence-electron chi connectivity index (χ2n) is 5.30. The molecule has 0 aliphatic carbocycles. The molecule has 1 atom stereocenters. The smallest absolute Gasteiger partial charge is 0.328 e. The van der Waals surface area contributed by atoms with Gasteiger partial charge < -0.3 is 19.1 Å². The van der Waals surface area contributed by atoms with Gasteiger partial charge in [0.25, 0.3) is 0 Å². The fourth-order valence-corrected chi connectivity index (χ4v) is 3.01. The molecule has 0 amide bonds. The Morgan fingerprint density at radius 1 is 1.32 bits per heavy atom. The van der Waals surface area contributed by atoms with Crippen molar-refractivity contribution < 1.29 is 19.0 Å². The van der Waals surface area contributed by atoms with Gasteiger partial charge in [0.1, 0.15) is 11.9 Å². The number of hydrogen-bond acceptors (Lipinski definition) is 6. The van der Waals surface area contributed by atoms with Crippen LogP contribution in [-0.4, -0.2) is 43.6 Å². The van der Waals surface area contributed by atoms with Crippen LogP contribution < -0.4 is 9.47 Å². The lowest BCUT2D eigenvalue weighted by Crippen LogP contribution is -2.40. The van der Waals surface area contributed by atoms with Gasteiger partial charge >= 0.3 is 5.97 Å². The maximum absolute atomic E-state index is 12.1. The van der Waals surface area contributed by atoms with Crippen molar-refractivity contribution >= 4 is 17.5 Å². The first-order valence-electron chi connectivity index (χ1n) is 7.43. The highest BCUT2D eigenvalue weighted by Gasteiger charge is 2.38. The molecule has 2 aliphatic rings. The molecular weight excluding hydrogens is 284 g/mol. The van der Waals surface area contributed by atoms with Gasteiger partial charge in [-0.15, -0.1) is 0 Å². The number of esters is 1. The molecule has 1 aromatic rings. The van der Waals surface area contributed by atoms with E-state index in [0.29, 0.717) is 24.7 Å². The second kappa shape index (κ2) is 5.87. The molecule has 0 aromatic heterocycles. The van der Waals surface area contributed by atoms with Crippen molar-refractivity contribution in [1.29, 1.82) is 0 Å². The number of nitrogens with zero attached hydrogens (tertiary/aromatic N) is 2. The summed E-state index contributed by atoms with van der Waals surface area (Å²) in [6.07, 6.45) is 1.54.